The van der Waals surface area contributed by atoms with Crippen molar-refractivity contribution in [3.8, 4) is 5.75 Å². The van der Waals surface area contributed by atoms with Crippen LogP contribution in [0.3, 0.4) is 0 Å². The summed E-state index contributed by atoms with van der Waals surface area (Å²) < 4.78 is 5.34. The molecule has 0 radical (unpaired) electrons. The van der Waals surface area contributed by atoms with E-state index in [0.29, 0.717) is 16.9 Å². The number of aromatic nitrogens is 1. The molecule has 1 aromatic heterocycles. The Morgan fingerprint density at radius 1 is 0.926 bits per heavy atom. The molecule has 2 aromatic carbocycles. The molecule has 0 aliphatic rings. The average Bonchev–Trinajstić information content (AvgIpc) is 2.70. The molecule has 0 saturated heterocycles. The molecule has 0 atom stereocenters. The number of hydrogen-bond acceptors (Lipinski definition) is 5. The Bertz CT molecular complexity index is 950. The van der Waals surface area contributed by atoms with Crippen LogP contribution in [0.1, 0.15) is 31.8 Å². The van der Waals surface area contributed by atoms with Crippen molar-refractivity contribution in [2.75, 3.05) is 0 Å². The maximum atomic E-state index is 12.1. The molecule has 0 bridgehead atoms. The Balaban J connectivity index is 1.56. The Hall–Kier alpha value is -3.80. The van der Waals surface area contributed by atoms with Crippen molar-refractivity contribution in [3.63, 3.8) is 0 Å². The van der Waals surface area contributed by atoms with Gasteiger partial charge in [-0.2, -0.15) is 5.10 Å². The Morgan fingerprint density at radius 3 is 2.26 bits per heavy atom. The third kappa shape index (κ3) is 5.09. The number of pyridine rings is 1. The molecular formula is C21H17N3O3. The number of aryl methyl sites for hydroxylation is 1. The van der Waals surface area contributed by atoms with Crippen LogP contribution in [-0.4, -0.2) is 23.1 Å². The number of nitrogens with one attached hydrogen (secondary N) is 1. The highest BCUT2D eigenvalue weighted by Crippen LogP contribution is 2.14. The van der Waals surface area contributed by atoms with E-state index in [0.717, 1.165) is 11.1 Å². The van der Waals surface area contributed by atoms with Crippen molar-refractivity contribution >= 4 is 18.1 Å². The number of hydrogen-bond donors (Lipinski definition) is 1. The SMILES string of the molecule is Cc1ccc(C(=O)Oc2ccc(C=NNC(=O)c3ccncc3)cc2)cc1. The van der Waals surface area contributed by atoms with Gasteiger partial charge in [0.05, 0.1) is 11.8 Å². The molecular weight excluding hydrogens is 342 g/mol. The standard InChI is InChI=1S/C21H17N3O3/c1-15-2-6-18(7-3-15)21(26)27-19-8-4-16(5-9-19)14-23-24-20(25)17-10-12-22-13-11-17/h2-14H,1H3,(H,24,25). The highest BCUT2D eigenvalue weighted by molar-refractivity contribution is 5.94. The largest absolute Gasteiger partial charge is 0.423 e. The molecule has 6 nitrogen and oxygen atoms in total. The van der Waals surface area contributed by atoms with Crippen LogP contribution in [0.25, 0.3) is 0 Å². The van der Waals surface area contributed by atoms with Gasteiger partial charge in [-0.15, -0.1) is 0 Å². The smallest absolute Gasteiger partial charge is 0.343 e. The molecule has 0 aliphatic carbocycles. The summed E-state index contributed by atoms with van der Waals surface area (Å²) in [5.41, 5.74) is 5.23. The lowest BCUT2D eigenvalue weighted by atomic mass is 10.1. The highest BCUT2D eigenvalue weighted by Gasteiger charge is 2.08. The van der Waals surface area contributed by atoms with E-state index in [1.54, 1.807) is 48.5 Å². The number of benzene rings is 2. The molecule has 3 rings (SSSR count). The minimum Gasteiger partial charge on any atom is -0.423 e. The summed E-state index contributed by atoms with van der Waals surface area (Å²) in [6.45, 7) is 1.95. The predicted octanol–water partition coefficient (Wildman–Crippen LogP) is 3.37. The fraction of sp³-hybridized carbons (Fsp3) is 0.0476. The first-order chi connectivity index (χ1) is 13.1. The monoisotopic (exact) mass is 359 g/mol. The summed E-state index contributed by atoms with van der Waals surface area (Å²) in [6.07, 6.45) is 4.58. The second-order valence-corrected chi connectivity index (χ2v) is 5.76. The van der Waals surface area contributed by atoms with Crippen LogP contribution in [0.5, 0.6) is 5.75 Å². The molecule has 0 saturated carbocycles. The molecule has 0 unspecified atom stereocenters. The molecule has 0 spiro atoms. The van der Waals surface area contributed by atoms with Crippen LogP contribution in [0, 0.1) is 6.92 Å². The normalized spacial score (nSPS) is 10.6. The van der Waals surface area contributed by atoms with E-state index in [-0.39, 0.29) is 5.91 Å². The van der Waals surface area contributed by atoms with Crippen LogP contribution in [0.15, 0.2) is 78.2 Å². The van der Waals surface area contributed by atoms with Gasteiger partial charge in [-0.25, -0.2) is 10.2 Å². The summed E-state index contributed by atoms with van der Waals surface area (Å²) in [5.74, 6) is -0.308. The van der Waals surface area contributed by atoms with E-state index in [2.05, 4.69) is 15.5 Å². The summed E-state index contributed by atoms with van der Waals surface area (Å²) in [4.78, 5) is 27.8. The van der Waals surface area contributed by atoms with E-state index in [9.17, 15) is 9.59 Å². The molecule has 0 aliphatic heterocycles. The third-order valence-corrected chi connectivity index (χ3v) is 3.70. The van der Waals surface area contributed by atoms with Gasteiger partial charge in [0, 0.05) is 18.0 Å². The molecule has 27 heavy (non-hydrogen) atoms. The van der Waals surface area contributed by atoms with Gasteiger partial charge < -0.3 is 4.74 Å². The lowest BCUT2D eigenvalue weighted by Crippen LogP contribution is -2.17. The van der Waals surface area contributed by atoms with E-state index >= 15 is 0 Å². The fourth-order valence-corrected chi connectivity index (χ4v) is 2.21. The number of hydrazone groups is 1. The van der Waals surface area contributed by atoms with Crippen molar-refractivity contribution in [2.45, 2.75) is 6.92 Å². The zero-order valence-corrected chi connectivity index (χ0v) is 14.6. The van der Waals surface area contributed by atoms with E-state index < -0.39 is 5.97 Å². The minimum atomic E-state index is -0.416. The molecule has 6 heteroatoms. The number of nitrogens with zero attached hydrogens (tertiary/aromatic N) is 2. The zero-order chi connectivity index (χ0) is 19.1. The van der Waals surface area contributed by atoms with E-state index in [1.807, 2.05) is 19.1 Å². The number of carbonyl (C=O) groups is 2. The molecule has 1 heterocycles. The second kappa shape index (κ2) is 8.53. The third-order valence-electron chi connectivity index (χ3n) is 3.70. The first-order valence-electron chi connectivity index (χ1n) is 8.24. The number of esters is 1. The van der Waals surface area contributed by atoms with E-state index in [4.69, 9.17) is 4.74 Å². The van der Waals surface area contributed by atoms with Crippen LogP contribution in [0.2, 0.25) is 0 Å². The fourth-order valence-electron chi connectivity index (χ4n) is 2.21. The average molecular weight is 359 g/mol. The molecule has 0 fully saturated rings. The predicted molar refractivity (Wildman–Crippen MR) is 102 cm³/mol. The maximum absolute atomic E-state index is 12.1. The number of amides is 1. The minimum absolute atomic E-state index is 0.322. The first kappa shape index (κ1) is 18.0. The topological polar surface area (TPSA) is 80.6 Å². The molecule has 1 amide bonds. The summed E-state index contributed by atoms with van der Waals surface area (Å²) >= 11 is 0. The quantitative estimate of drug-likeness (QED) is 0.328. The molecule has 3 aromatic rings. The van der Waals surface area contributed by atoms with E-state index in [1.165, 1.54) is 18.6 Å². The van der Waals surface area contributed by atoms with Gasteiger partial charge in [0.25, 0.3) is 5.91 Å². The maximum Gasteiger partial charge on any atom is 0.343 e. The number of rotatable bonds is 5. The van der Waals surface area contributed by atoms with Gasteiger partial charge >= 0.3 is 5.97 Å². The second-order valence-electron chi connectivity index (χ2n) is 5.76. The highest BCUT2D eigenvalue weighted by atomic mass is 16.5. The van der Waals surface area contributed by atoms with Crippen molar-refractivity contribution < 1.29 is 14.3 Å². The summed E-state index contributed by atoms with van der Waals surface area (Å²) in [5, 5.41) is 3.91. The van der Waals surface area contributed by atoms with Crippen molar-refractivity contribution in [3.05, 3.63) is 95.3 Å². The van der Waals surface area contributed by atoms with Crippen LogP contribution in [-0.2, 0) is 0 Å². The lowest BCUT2D eigenvalue weighted by molar-refractivity contribution is 0.0734. The Morgan fingerprint density at radius 2 is 1.59 bits per heavy atom. The number of carbonyl (C=O) groups excluding carboxylic acids is 2. The van der Waals surface area contributed by atoms with Crippen LogP contribution in [0.4, 0.5) is 0 Å². The number of ether oxygens (including phenoxy) is 1. The van der Waals surface area contributed by atoms with Gasteiger partial charge in [-0.1, -0.05) is 17.7 Å². The van der Waals surface area contributed by atoms with Gasteiger partial charge in [-0.05, 0) is 61.0 Å². The van der Waals surface area contributed by atoms with Gasteiger partial charge in [0.2, 0.25) is 0 Å². The molecule has 1 N–H and O–H groups in total. The zero-order valence-electron chi connectivity index (χ0n) is 14.6. The molecule has 134 valence electrons. The lowest BCUT2D eigenvalue weighted by Gasteiger charge is -2.05. The Kier molecular flexibility index (Phi) is 5.69. The van der Waals surface area contributed by atoms with Crippen molar-refractivity contribution in [1.29, 1.82) is 0 Å². The van der Waals surface area contributed by atoms with Crippen molar-refractivity contribution in [1.82, 2.24) is 10.4 Å². The van der Waals surface area contributed by atoms with Crippen LogP contribution < -0.4 is 10.2 Å². The van der Waals surface area contributed by atoms with Gasteiger partial charge in [0.15, 0.2) is 0 Å². The Labute approximate surface area is 156 Å². The summed E-state index contributed by atoms with van der Waals surface area (Å²) in [7, 11) is 0. The first-order valence-corrected chi connectivity index (χ1v) is 8.24. The summed E-state index contributed by atoms with van der Waals surface area (Å²) in [6, 6.07) is 17.2. The van der Waals surface area contributed by atoms with Gasteiger partial charge in [-0.3, -0.25) is 9.78 Å². The van der Waals surface area contributed by atoms with Crippen molar-refractivity contribution in [2.24, 2.45) is 5.10 Å². The van der Waals surface area contributed by atoms with Crippen LogP contribution >= 0.6 is 0 Å². The van der Waals surface area contributed by atoms with Gasteiger partial charge in [0.1, 0.15) is 5.75 Å².